The molecule has 0 atom stereocenters. The van der Waals surface area contributed by atoms with Crippen molar-refractivity contribution in [2.45, 2.75) is 103 Å². The average molecular weight is 1790 g/mol. The van der Waals surface area contributed by atoms with Crippen LogP contribution in [0.25, 0.3) is 89.0 Å². The summed E-state index contributed by atoms with van der Waals surface area (Å²) in [5.74, 6) is 1.05. The summed E-state index contributed by atoms with van der Waals surface area (Å²) in [6, 6.07) is 95.1. The Bertz CT molecular complexity index is 8100. The van der Waals surface area contributed by atoms with E-state index in [1.807, 2.05) is 68.0 Å². The van der Waals surface area contributed by atoms with E-state index in [1.54, 1.807) is 0 Å². The SMILES string of the molecule is c1ccc2c(c1)Cc1c-2ccc2c1-c1c(ccc3c1Cc1ccnc4c1N3c1cccnc1C4)C2.c1ccc2c(c1)Cc1c-2ccc2c1-c1c(ccc3c1Cc1ccnc4c1N3c1ccncc1C4)C2.c1ccc2c(c1)Cc1c-2ccc2c1-c1c(ccc3c1Cc1ccnc4c1N3c1cnccc1C4)C2.c1ccc2c(c1)Cc1c-2ccc2c1-c1c(ccc3c1Cc1ccnc4c1N3c1ncccc1C4)C2. The van der Waals surface area contributed by atoms with E-state index in [9.17, 15) is 0 Å². The third-order valence-corrected chi connectivity index (χ3v) is 33.8. The molecule has 8 aliphatic heterocycles. The molecule has 0 spiro atoms. The molecule has 0 unspecified atom stereocenters. The van der Waals surface area contributed by atoms with E-state index in [4.69, 9.17) is 29.9 Å². The van der Waals surface area contributed by atoms with Crippen molar-refractivity contribution in [3.05, 3.63) is 495 Å². The van der Waals surface area contributed by atoms with Crippen molar-refractivity contribution in [3.63, 3.8) is 0 Å². The van der Waals surface area contributed by atoms with Gasteiger partial charge in [0.1, 0.15) is 5.82 Å². The van der Waals surface area contributed by atoms with E-state index in [-0.39, 0.29) is 0 Å². The summed E-state index contributed by atoms with van der Waals surface area (Å²) in [7, 11) is 0. The van der Waals surface area contributed by atoms with E-state index in [2.05, 4.69) is 278 Å². The molecule has 0 radical (unpaired) electrons. The Kier molecular flexibility index (Phi) is 15.4. The molecule has 0 bridgehead atoms. The molecule has 16 aliphatic rings. The van der Waals surface area contributed by atoms with Crippen LogP contribution in [0.1, 0.15) is 179 Å². The number of hydrogen-bond donors (Lipinski definition) is 0. The standard InChI is InChI=1S/4C32H21N3/c1-2-6-23-18(4-1)15-25-24(23)9-7-19-14-20-8-10-28-26(30(20)29(19)25)16-21-11-13-33-27-17-22-5-3-12-34-32(22)35(28)31(21)27;1-2-5-22-18(4-1)15-24-23(22)9-7-19-14-20-8-10-28-25(31(20)30(19)24)16-21-11-13-34-27-17-26-29(6-3-12-33-26)35(28)32(21)27;1-2-4-23-18(3-1)14-25-24(23)7-5-19-13-20-6-8-29-26(31(20)30(19)25)15-21-9-12-34-27-16-22-17-33-11-10-28(22)35(29)32(21)27;1-2-4-23-18(3-1)14-25-24(23)7-5-20-13-21-6-8-28-26(31(21)30(20)25)15-22-10-12-34-27-16-19-9-11-33-17-29(19)35(28)32(22)27/h2*1-13H,14-17H2;2*1-12,17H,13-16H2. The second kappa shape index (κ2) is 28.4. The van der Waals surface area contributed by atoms with Gasteiger partial charge in [0.15, 0.2) is 0 Å². The van der Waals surface area contributed by atoms with Crippen LogP contribution in [0.15, 0.2) is 317 Å². The minimum Gasteiger partial charge on any atom is -0.308 e. The monoisotopic (exact) mass is 1790 g/mol. The Labute approximate surface area is 809 Å². The van der Waals surface area contributed by atoms with Gasteiger partial charge in [-0.1, -0.05) is 176 Å². The van der Waals surface area contributed by atoms with Crippen molar-refractivity contribution in [1.29, 1.82) is 0 Å². The summed E-state index contributed by atoms with van der Waals surface area (Å²) in [6.07, 6.45) is 35.0. The molecule has 656 valence electrons. The van der Waals surface area contributed by atoms with Gasteiger partial charge in [-0.25, -0.2) is 4.98 Å². The average Bonchev–Trinajstić information content (AvgIpc) is 1.44. The largest absolute Gasteiger partial charge is 0.308 e. The lowest BCUT2D eigenvalue weighted by molar-refractivity contribution is 0.927. The number of pyridine rings is 8. The number of aromatic nitrogens is 8. The predicted octanol–water partition coefficient (Wildman–Crippen LogP) is 27.6. The first kappa shape index (κ1) is 76.2. The first-order valence-electron chi connectivity index (χ1n) is 49.7. The number of fused-ring (bicyclic) bond motifs is 48. The lowest BCUT2D eigenvalue weighted by Crippen LogP contribution is -2.26. The van der Waals surface area contributed by atoms with Crippen molar-refractivity contribution in [2.24, 2.45) is 0 Å². The normalized spacial score (nSPS) is 14.9. The Morgan fingerprint density at radius 1 is 0.150 bits per heavy atom. The third kappa shape index (κ3) is 10.5. The molecule has 36 rings (SSSR count). The number of rotatable bonds is 0. The highest BCUT2D eigenvalue weighted by Crippen LogP contribution is 2.63. The lowest BCUT2D eigenvalue weighted by atomic mass is 9.84. The Morgan fingerprint density at radius 2 is 0.457 bits per heavy atom. The molecule has 12 aromatic carbocycles. The minimum atomic E-state index is 0.796. The van der Waals surface area contributed by atoms with Crippen LogP contribution in [0, 0.1) is 0 Å². The summed E-state index contributed by atoms with van der Waals surface area (Å²) in [5, 5.41) is 0. The van der Waals surface area contributed by atoms with E-state index >= 15 is 0 Å². The number of benzene rings is 12. The van der Waals surface area contributed by atoms with Crippen molar-refractivity contribution in [1.82, 2.24) is 39.9 Å². The van der Waals surface area contributed by atoms with Gasteiger partial charge in [-0.05, 0) is 358 Å². The molecule has 0 N–H and O–H groups in total. The summed E-state index contributed by atoms with van der Waals surface area (Å²) in [4.78, 5) is 47.5. The van der Waals surface area contributed by atoms with Crippen LogP contribution >= 0.6 is 0 Å². The first-order chi connectivity index (χ1) is 69.4. The molecule has 0 saturated heterocycles. The van der Waals surface area contributed by atoms with Crippen LogP contribution < -0.4 is 19.6 Å². The molecule has 12 nitrogen and oxygen atoms in total. The van der Waals surface area contributed by atoms with Crippen molar-refractivity contribution < 1.29 is 0 Å². The van der Waals surface area contributed by atoms with Crippen molar-refractivity contribution >= 4 is 68.4 Å². The fraction of sp³-hybridized carbons (Fsp3) is 0.125. The zero-order chi connectivity index (χ0) is 90.7. The maximum atomic E-state index is 4.87. The highest BCUT2D eigenvalue weighted by molar-refractivity contribution is 6.04. The van der Waals surface area contributed by atoms with Gasteiger partial charge in [0.2, 0.25) is 0 Å². The van der Waals surface area contributed by atoms with Crippen LogP contribution in [-0.2, 0) is 103 Å². The smallest absolute Gasteiger partial charge is 0.141 e. The molecule has 20 aromatic rings. The van der Waals surface area contributed by atoms with Crippen LogP contribution in [0.4, 0.5) is 68.4 Å². The molecule has 16 heterocycles. The summed E-state index contributed by atoms with van der Waals surface area (Å²) >= 11 is 0. The number of nitrogens with zero attached hydrogens (tertiary/aromatic N) is 12. The Morgan fingerprint density at radius 3 is 0.893 bits per heavy atom. The fourth-order valence-electron chi connectivity index (χ4n) is 28.2. The van der Waals surface area contributed by atoms with Gasteiger partial charge in [0.05, 0.1) is 97.2 Å². The maximum Gasteiger partial charge on any atom is 0.141 e. The van der Waals surface area contributed by atoms with E-state index in [1.165, 1.54) is 307 Å². The molecular weight excluding hydrogens is 1710 g/mol. The van der Waals surface area contributed by atoms with Crippen LogP contribution in [-0.4, -0.2) is 39.9 Å². The lowest BCUT2D eigenvalue weighted by Gasteiger charge is -2.39. The molecule has 8 aliphatic carbocycles. The molecule has 0 fully saturated rings. The highest BCUT2D eigenvalue weighted by Gasteiger charge is 2.45. The Hall–Kier alpha value is -17.0. The quantitative estimate of drug-likeness (QED) is 0.144. The zero-order valence-electron chi connectivity index (χ0n) is 76.7. The minimum absolute atomic E-state index is 0.796. The molecule has 140 heavy (non-hydrogen) atoms. The van der Waals surface area contributed by atoms with Crippen molar-refractivity contribution in [3.8, 4) is 89.0 Å². The highest BCUT2D eigenvalue weighted by atomic mass is 15.2. The topological polar surface area (TPSA) is 116 Å². The number of hydrogen-bond acceptors (Lipinski definition) is 12. The van der Waals surface area contributed by atoms with Gasteiger partial charge in [-0.3, -0.25) is 39.8 Å². The summed E-state index contributed by atoms with van der Waals surface area (Å²) in [5.41, 5.74) is 81.4. The van der Waals surface area contributed by atoms with Crippen LogP contribution in [0.5, 0.6) is 0 Å². The second-order valence-corrected chi connectivity index (χ2v) is 40.7. The van der Waals surface area contributed by atoms with Gasteiger partial charge in [0.25, 0.3) is 0 Å². The van der Waals surface area contributed by atoms with Crippen LogP contribution in [0.2, 0.25) is 0 Å². The second-order valence-electron chi connectivity index (χ2n) is 40.7. The summed E-state index contributed by atoms with van der Waals surface area (Å²) < 4.78 is 0. The molecule has 0 amide bonds. The molecule has 8 aromatic heterocycles. The first-order valence-corrected chi connectivity index (χ1v) is 49.7. The van der Waals surface area contributed by atoms with Gasteiger partial charge in [-0.15, -0.1) is 0 Å². The zero-order valence-corrected chi connectivity index (χ0v) is 76.7. The van der Waals surface area contributed by atoms with Gasteiger partial charge in [-0.2, -0.15) is 0 Å². The van der Waals surface area contributed by atoms with Gasteiger partial charge < -0.3 is 14.7 Å². The van der Waals surface area contributed by atoms with E-state index in [0.717, 1.165) is 131 Å². The third-order valence-electron chi connectivity index (χ3n) is 33.8. The van der Waals surface area contributed by atoms with E-state index in [0.29, 0.717) is 0 Å². The molecular formula is C128H84N12. The van der Waals surface area contributed by atoms with Crippen LogP contribution in [0.3, 0.4) is 0 Å². The predicted molar refractivity (Wildman–Crippen MR) is 555 cm³/mol. The number of anilines is 12. The molecule has 0 saturated carbocycles. The maximum absolute atomic E-state index is 4.87. The molecule has 12 heteroatoms. The fourth-order valence-corrected chi connectivity index (χ4v) is 28.2. The van der Waals surface area contributed by atoms with Gasteiger partial charge >= 0.3 is 0 Å². The Balaban J connectivity index is 0.0000000829. The van der Waals surface area contributed by atoms with E-state index < -0.39 is 0 Å². The summed E-state index contributed by atoms with van der Waals surface area (Å²) in [6.45, 7) is 0. The van der Waals surface area contributed by atoms with Crippen molar-refractivity contribution in [2.75, 3.05) is 19.6 Å². The van der Waals surface area contributed by atoms with Gasteiger partial charge in [0, 0.05) is 118 Å².